The van der Waals surface area contributed by atoms with Gasteiger partial charge in [-0.3, -0.25) is 0 Å². The number of benzene rings is 2. The zero-order chi connectivity index (χ0) is 31.3. The zero-order valence-corrected chi connectivity index (χ0v) is 25.5. The second-order valence-electron chi connectivity index (χ2n) is 12.1. The summed E-state index contributed by atoms with van der Waals surface area (Å²) in [6.07, 6.45) is 5.07. The van der Waals surface area contributed by atoms with Crippen LogP contribution >= 0.6 is 0 Å². The van der Waals surface area contributed by atoms with Crippen molar-refractivity contribution in [1.29, 1.82) is 0 Å². The van der Waals surface area contributed by atoms with Crippen LogP contribution in [-0.4, -0.2) is 84.6 Å². The number of piperidine rings is 1. The lowest BCUT2D eigenvalue weighted by Gasteiger charge is -2.34. The van der Waals surface area contributed by atoms with Gasteiger partial charge in [0, 0.05) is 56.2 Å². The number of sulfonamides is 1. The number of halogens is 2. The minimum atomic E-state index is -4.82. The maximum absolute atomic E-state index is 16.4. The second-order valence-corrected chi connectivity index (χ2v) is 13.8. The summed E-state index contributed by atoms with van der Waals surface area (Å²) in [5.41, 5.74) is 0.204. The van der Waals surface area contributed by atoms with Crippen molar-refractivity contribution in [2.75, 3.05) is 38.7 Å². The fourth-order valence-electron chi connectivity index (χ4n) is 6.94. The smallest absolute Gasteiger partial charge is 0.249 e. The van der Waals surface area contributed by atoms with E-state index in [2.05, 4.69) is 15.2 Å². The lowest BCUT2D eigenvalue weighted by molar-refractivity contribution is 0.0258. The number of nitrogens with zero attached hydrogens (tertiary/aromatic N) is 3. The average molecular weight is 626 g/mol. The van der Waals surface area contributed by atoms with Gasteiger partial charge in [0.2, 0.25) is 21.0 Å². The van der Waals surface area contributed by atoms with Crippen LogP contribution in [0.5, 0.6) is 0 Å². The maximum atomic E-state index is 16.4. The number of primary sulfonamides is 1. The van der Waals surface area contributed by atoms with Crippen molar-refractivity contribution in [3.8, 4) is 11.1 Å². The molecule has 9 nitrogen and oxygen atoms in total. The monoisotopic (exact) mass is 625 g/mol. The van der Waals surface area contributed by atoms with E-state index in [1.165, 1.54) is 19.1 Å². The van der Waals surface area contributed by atoms with Crippen molar-refractivity contribution in [3.05, 3.63) is 78.0 Å². The molecule has 2 fully saturated rings. The Hall–Kier alpha value is -3.29. The maximum Gasteiger partial charge on any atom is 0.249 e. The Morgan fingerprint density at radius 3 is 2.68 bits per heavy atom. The highest BCUT2D eigenvalue weighted by Crippen LogP contribution is 2.59. The number of anilines is 1. The van der Waals surface area contributed by atoms with Gasteiger partial charge in [-0.25, -0.2) is 32.3 Å². The third kappa shape index (κ3) is 5.32. The van der Waals surface area contributed by atoms with Gasteiger partial charge in [-0.1, -0.05) is 42.5 Å². The summed E-state index contributed by atoms with van der Waals surface area (Å²) in [7, 11) is -3.11. The van der Waals surface area contributed by atoms with Gasteiger partial charge >= 0.3 is 0 Å². The summed E-state index contributed by atoms with van der Waals surface area (Å²) in [4.78, 5) is 11.6. The topological polar surface area (TPSA) is 131 Å². The molecular weight excluding hydrogens is 588 g/mol. The highest BCUT2D eigenvalue weighted by atomic mass is 32.2. The number of hydrogen-bond donors (Lipinski definition) is 3. The SMILES string of the molecule is COCCN1CCC(Nc2ncc3cc(-c4ccccc4C4C(F)C(C)(O)C5=CC=CC(F)(S(N)(=O)=O)C54)ccc3n2)CC1. The van der Waals surface area contributed by atoms with E-state index in [9.17, 15) is 13.5 Å². The molecule has 6 rings (SSSR count). The standard InChI is InChI=1S/C32H37F2N5O4S/c1-31(40)25-8-5-13-32(34,44(35,41)42)28(25)27(29(31)33)24-7-4-3-6-23(24)20-9-10-26-21(18-20)19-36-30(38-26)37-22-11-14-39(15-12-22)16-17-43-2/h3-10,13,18-19,22,27-29,40H,11-12,14-17H2,1-2H3,(H2,35,41,42)(H,36,37,38). The van der Waals surface area contributed by atoms with Crippen LogP contribution in [0.2, 0.25) is 0 Å². The molecule has 2 heterocycles. The quantitative estimate of drug-likeness (QED) is 0.342. The van der Waals surface area contributed by atoms with Crippen LogP contribution in [0, 0.1) is 5.92 Å². The van der Waals surface area contributed by atoms with Gasteiger partial charge in [0.1, 0.15) is 11.8 Å². The van der Waals surface area contributed by atoms with E-state index in [-0.39, 0.29) is 11.6 Å². The molecule has 0 spiro atoms. The van der Waals surface area contributed by atoms with E-state index in [1.807, 2.05) is 18.2 Å². The number of methoxy groups -OCH3 is 1. The van der Waals surface area contributed by atoms with Crippen LogP contribution in [0.1, 0.15) is 31.2 Å². The Balaban J connectivity index is 1.30. The number of likely N-dealkylation sites (tertiary alicyclic amines) is 1. The lowest BCUT2D eigenvalue weighted by Crippen LogP contribution is -2.47. The predicted octanol–water partition coefficient (Wildman–Crippen LogP) is 4.07. The van der Waals surface area contributed by atoms with Gasteiger partial charge in [0.05, 0.1) is 12.1 Å². The van der Waals surface area contributed by atoms with Crippen LogP contribution in [0.4, 0.5) is 14.7 Å². The van der Waals surface area contributed by atoms with Crippen LogP contribution < -0.4 is 10.5 Å². The molecule has 4 N–H and O–H groups in total. The first-order valence-corrected chi connectivity index (χ1v) is 16.3. The molecule has 0 bridgehead atoms. The Morgan fingerprint density at radius 1 is 1.20 bits per heavy atom. The molecule has 44 heavy (non-hydrogen) atoms. The first-order valence-electron chi connectivity index (χ1n) is 14.8. The van der Waals surface area contributed by atoms with Gasteiger partial charge in [-0.2, -0.15) is 0 Å². The largest absolute Gasteiger partial charge is 0.383 e. The van der Waals surface area contributed by atoms with Crippen LogP contribution in [0.3, 0.4) is 0 Å². The van der Waals surface area contributed by atoms with Crippen LogP contribution in [-0.2, 0) is 14.8 Å². The van der Waals surface area contributed by atoms with E-state index in [1.54, 1.807) is 37.6 Å². The Kier molecular flexibility index (Phi) is 8.08. The molecule has 1 saturated carbocycles. The highest BCUT2D eigenvalue weighted by molar-refractivity contribution is 7.90. The van der Waals surface area contributed by atoms with Crippen LogP contribution in [0.25, 0.3) is 22.0 Å². The third-order valence-electron chi connectivity index (χ3n) is 9.33. The molecule has 3 aromatic rings. The first kappa shape index (κ1) is 30.7. The molecule has 1 aromatic heterocycles. The summed E-state index contributed by atoms with van der Waals surface area (Å²) >= 11 is 0. The number of aliphatic hydroxyl groups is 1. The normalized spacial score (nSPS) is 29.5. The summed E-state index contributed by atoms with van der Waals surface area (Å²) in [6.45, 7) is 4.83. The fraction of sp³-hybridized carbons (Fsp3) is 0.438. The number of allylic oxidation sites excluding steroid dienone is 2. The molecule has 0 radical (unpaired) electrons. The van der Waals surface area contributed by atoms with Gasteiger partial charge in [0.25, 0.3) is 0 Å². The number of ether oxygens (including phenoxy) is 1. The zero-order valence-electron chi connectivity index (χ0n) is 24.7. The molecule has 2 aromatic carbocycles. The van der Waals surface area contributed by atoms with E-state index >= 15 is 8.78 Å². The molecule has 234 valence electrons. The molecule has 1 saturated heterocycles. The number of hydrogen-bond acceptors (Lipinski definition) is 8. The van der Waals surface area contributed by atoms with Crippen molar-refractivity contribution in [2.24, 2.45) is 11.1 Å². The fourth-order valence-corrected chi connectivity index (χ4v) is 7.83. The number of nitrogens with one attached hydrogen (secondary N) is 1. The molecule has 3 aliphatic rings. The van der Waals surface area contributed by atoms with Crippen LogP contribution in [0.15, 0.2) is 72.5 Å². The summed E-state index contributed by atoms with van der Waals surface area (Å²) in [5, 5.41) is 17.6. The summed E-state index contributed by atoms with van der Waals surface area (Å²) in [6, 6.07) is 12.7. The molecule has 5 unspecified atom stereocenters. The Labute approximate surface area is 255 Å². The number of aromatic nitrogens is 2. The minimum absolute atomic E-state index is 0.0450. The van der Waals surface area contributed by atoms with E-state index in [4.69, 9.17) is 14.9 Å². The molecule has 12 heteroatoms. The summed E-state index contributed by atoms with van der Waals surface area (Å²) in [5.74, 6) is -2.35. The van der Waals surface area contributed by atoms with Gasteiger partial charge in [0.15, 0.2) is 0 Å². The Morgan fingerprint density at radius 2 is 1.95 bits per heavy atom. The van der Waals surface area contributed by atoms with Gasteiger partial charge < -0.3 is 20.1 Å². The minimum Gasteiger partial charge on any atom is -0.383 e. The molecule has 5 atom stereocenters. The van der Waals surface area contributed by atoms with E-state index in [0.29, 0.717) is 28.2 Å². The van der Waals surface area contributed by atoms with E-state index in [0.717, 1.165) is 50.5 Å². The second kappa shape index (κ2) is 11.6. The molecule has 0 amide bonds. The third-order valence-corrected chi connectivity index (χ3v) is 10.6. The van der Waals surface area contributed by atoms with Gasteiger partial charge in [-0.05, 0) is 60.2 Å². The van der Waals surface area contributed by atoms with Crippen molar-refractivity contribution in [1.82, 2.24) is 14.9 Å². The number of rotatable bonds is 8. The van der Waals surface area contributed by atoms with Crippen molar-refractivity contribution < 1.29 is 27.0 Å². The number of alkyl halides is 2. The average Bonchev–Trinajstić information content (AvgIpc) is 3.21. The highest BCUT2D eigenvalue weighted by Gasteiger charge is 2.65. The molecular formula is C32H37F2N5O4S. The van der Waals surface area contributed by atoms with E-state index < -0.39 is 38.6 Å². The number of nitrogens with two attached hydrogens (primary N) is 1. The Bertz CT molecular complexity index is 1720. The number of fused-ring (bicyclic) bond motifs is 2. The molecule has 1 aliphatic heterocycles. The predicted molar refractivity (Wildman–Crippen MR) is 166 cm³/mol. The summed E-state index contributed by atoms with van der Waals surface area (Å²) < 4.78 is 62.8. The van der Waals surface area contributed by atoms with Gasteiger partial charge in [-0.15, -0.1) is 0 Å². The lowest BCUT2D eigenvalue weighted by atomic mass is 9.78. The van der Waals surface area contributed by atoms with Crippen molar-refractivity contribution >= 4 is 26.9 Å². The first-order chi connectivity index (χ1) is 20.9. The van der Waals surface area contributed by atoms with Crippen molar-refractivity contribution in [2.45, 2.75) is 48.5 Å². The molecule has 2 aliphatic carbocycles. The van der Waals surface area contributed by atoms with Crippen molar-refractivity contribution in [3.63, 3.8) is 0 Å².